The number of aromatic nitrogens is 2. The molecule has 0 unspecified atom stereocenters. The minimum Gasteiger partial charge on any atom is -0.490 e. The number of rotatable bonds is 5. The summed E-state index contributed by atoms with van der Waals surface area (Å²) in [7, 11) is 1.34. The molecular formula is C16H18N2O4. The molecule has 0 amide bonds. The quantitative estimate of drug-likeness (QED) is 0.851. The van der Waals surface area contributed by atoms with Crippen molar-refractivity contribution in [2.24, 2.45) is 0 Å². The Bertz CT molecular complexity index is 657. The Morgan fingerprint density at radius 3 is 2.59 bits per heavy atom. The van der Waals surface area contributed by atoms with Crippen molar-refractivity contribution in [3.63, 3.8) is 0 Å². The van der Waals surface area contributed by atoms with Gasteiger partial charge in [0.05, 0.1) is 18.8 Å². The van der Waals surface area contributed by atoms with Crippen LogP contribution in [0.5, 0.6) is 5.75 Å². The van der Waals surface area contributed by atoms with Gasteiger partial charge in [-0.2, -0.15) is 0 Å². The van der Waals surface area contributed by atoms with Crippen LogP contribution in [0, 0.1) is 6.92 Å². The first-order valence-electron chi connectivity index (χ1n) is 6.82. The van der Waals surface area contributed by atoms with E-state index >= 15 is 0 Å². The van der Waals surface area contributed by atoms with Gasteiger partial charge in [0.1, 0.15) is 18.7 Å². The molecule has 0 bridgehead atoms. The van der Waals surface area contributed by atoms with Gasteiger partial charge in [-0.25, -0.2) is 14.8 Å². The Morgan fingerprint density at radius 1 is 1.32 bits per heavy atom. The number of aliphatic hydroxyl groups is 1. The Kier molecular flexibility index (Phi) is 5.06. The van der Waals surface area contributed by atoms with Gasteiger partial charge in [-0.15, -0.1) is 0 Å². The molecule has 0 spiro atoms. The topological polar surface area (TPSA) is 81.5 Å². The smallest absolute Gasteiger partial charge is 0.338 e. The summed E-state index contributed by atoms with van der Waals surface area (Å²) in [5.74, 6) is 0.138. The van der Waals surface area contributed by atoms with Gasteiger partial charge in [0.25, 0.3) is 0 Å². The molecule has 1 atom stereocenters. The molecule has 22 heavy (non-hydrogen) atoms. The van der Waals surface area contributed by atoms with E-state index < -0.39 is 12.1 Å². The van der Waals surface area contributed by atoms with Gasteiger partial charge < -0.3 is 14.6 Å². The highest BCUT2D eigenvalue weighted by Gasteiger charge is 2.18. The molecule has 2 aromatic rings. The fraction of sp³-hybridized carbons (Fsp3) is 0.312. The number of hydrogen-bond donors (Lipinski definition) is 1. The minimum absolute atomic E-state index is 0.150. The molecule has 0 saturated heterocycles. The number of esters is 1. The molecule has 1 N–H and O–H groups in total. The summed E-state index contributed by atoms with van der Waals surface area (Å²) >= 11 is 0. The Labute approximate surface area is 128 Å². The van der Waals surface area contributed by atoms with E-state index in [0.717, 1.165) is 5.56 Å². The van der Waals surface area contributed by atoms with E-state index in [0.29, 0.717) is 22.4 Å². The zero-order valence-electron chi connectivity index (χ0n) is 12.7. The maximum atomic E-state index is 11.9. The molecule has 1 aromatic carbocycles. The zero-order chi connectivity index (χ0) is 16.1. The maximum Gasteiger partial charge on any atom is 0.338 e. The molecule has 0 radical (unpaired) electrons. The normalized spacial score (nSPS) is 11.8. The van der Waals surface area contributed by atoms with Crippen LogP contribution in [0.25, 0.3) is 11.1 Å². The molecule has 1 aromatic heterocycles. The highest BCUT2D eigenvalue weighted by Crippen LogP contribution is 2.34. The van der Waals surface area contributed by atoms with Gasteiger partial charge in [-0.1, -0.05) is 0 Å². The number of ether oxygens (including phenoxy) is 2. The molecule has 0 aliphatic rings. The van der Waals surface area contributed by atoms with E-state index in [1.165, 1.54) is 13.4 Å². The Hall–Kier alpha value is -2.47. The molecule has 0 saturated carbocycles. The number of carbonyl (C=O) groups is 1. The lowest BCUT2D eigenvalue weighted by Gasteiger charge is -2.17. The predicted molar refractivity (Wildman–Crippen MR) is 80.7 cm³/mol. The lowest BCUT2D eigenvalue weighted by Crippen LogP contribution is -2.14. The minimum atomic E-state index is -0.597. The average Bonchev–Trinajstić information content (AvgIpc) is 2.53. The summed E-state index contributed by atoms with van der Waals surface area (Å²) in [5, 5.41) is 9.40. The fourth-order valence-corrected chi connectivity index (χ4v) is 2.14. The van der Waals surface area contributed by atoms with Crippen LogP contribution >= 0.6 is 0 Å². The van der Waals surface area contributed by atoms with E-state index in [-0.39, 0.29) is 6.61 Å². The second-order valence-electron chi connectivity index (χ2n) is 4.89. The van der Waals surface area contributed by atoms with E-state index in [1.807, 2.05) is 6.92 Å². The SMILES string of the molecule is COC(=O)c1ccc(OC[C@@H](C)O)c(-c2cncnc2)c1C. The third-order valence-corrected chi connectivity index (χ3v) is 3.16. The van der Waals surface area contributed by atoms with Crippen molar-refractivity contribution in [3.8, 4) is 16.9 Å². The van der Waals surface area contributed by atoms with E-state index in [1.54, 1.807) is 31.5 Å². The van der Waals surface area contributed by atoms with Crippen molar-refractivity contribution in [3.05, 3.63) is 42.0 Å². The third-order valence-electron chi connectivity index (χ3n) is 3.16. The van der Waals surface area contributed by atoms with Crippen LogP contribution in [0.3, 0.4) is 0 Å². The van der Waals surface area contributed by atoms with Gasteiger partial charge in [0.2, 0.25) is 0 Å². The number of hydrogen-bond acceptors (Lipinski definition) is 6. The van der Waals surface area contributed by atoms with Crippen LogP contribution in [-0.4, -0.2) is 40.9 Å². The number of nitrogens with zero attached hydrogens (tertiary/aromatic N) is 2. The average molecular weight is 302 g/mol. The Morgan fingerprint density at radius 2 is 2.00 bits per heavy atom. The van der Waals surface area contributed by atoms with Crippen LogP contribution in [-0.2, 0) is 4.74 Å². The van der Waals surface area contributed by atoms with Crippen molar-refractivity contribution < 1.29 is 19.4 Å². The standard InChI is InChI=1S/C16H18N2O4/c1-10(19)8-22-14-5-4-13(16(20)21-3)11(2)15(14)12-6-17-9-18-7-12/h4-7,9-10,19H,8H2,1-3H3/t10-/m1/s1. The van der Waals surface area contributed by atoms with Crippen molar-refractivity contribution in [1.29, 1.82) is 0 Å². The molecule has 1 heterocycles. The number of methoxy groups -OCH3 is 1. The second kappa shape index (κ2) is 7.00. The van der Waals surface area contributed by atoms with E-state index in [4.69, 9.17) is 9.47 Å². The first kappa shape index (κ1) is 15.9. The van der Waals surface area contributed by atoms with Crippen LogP contribution in [0.2, 0.25) is 0 Å². The molecule has 0 fully saturated rings. The fourth-order valence-electron chi connectivity index (χ4n) is 2.14. The van der Waals surface area contributed by atoms with Crippen LogP contribution in [0.4, 0.5) is 0 Å². The summed E-state index contributed by atoms with van der Waals surface area (Å²) < 4.78 is 10.4. The largest absolute Gasteiger partial charge is 0.490 e. The zero-order valence-corrected chi connectivity index (χ0v) is 12.7. The van der Waals surface area contributed by atoms with Gasteiger partial charge in [-0.05, 0) is 31.5 Å². The number of benzene rings is 1. The monoisotopic (exact) mass is 302 g/mol. The first-order valence-corrected chi connectivity index (χ1v) is 6.82. The third kappa shape index (κ3) is 3.40. The van der Waals surface area contributed by atoms with Crippen molar-refractivity contribution in [2.75, 3.05) is 13.7 Å². The van der Waals surface area contributed by atoms with E-state index in [9.17, 15) is 9.90 Å². The van der Waals surface area contributed by atoms with Crippen molar-refractivity contribution >= 4 is 5.97 Å². The summed E-state index contributed by atoms with van der Waals surface area (Å²) in [6.07, 6.45) is 4.12. The van der Waals surface area contributed by atoms with Gasteiger partial charge in [0.15, 0.2) is 0 Å². The molecule has 6 heteroatoms. The van der Waals surface area contributed by atoms with E-state index in [2.05, 4.69) is 9.97 Å². The second-order valence-corrected chi connectivity index (χ2v) is 4.89. The van der Waals surface area contributed by atoms with Gasteiger partial charge in [-0.3, -0.25) is 0 Å². The van der Waals surface area contributed by atoms with Gasteiger partial charge >= 0.3 is 5.97 Å². The number of aliphatic hydroxyl groups excluding tert-OH is 1. The van der Waals surface area contributed by atoms with Crippen molar-refractivity contribution in [2.45, 2.75) is 20.0 Å². The lowest BCUT2D eigenvalue weighted by atomic mass is 9.97. The summed E-state index contributed by atoms with van der Waals surface area (Å²) in [5.41, 5.74) is 2.60. The molecule has 6 nitrogen and oxygen atoms in total. The lowest BCUT2D eigenvalue weighted by molar-refractivity contribution is 0.0599. The first-order chi connectivity index (χ1) is 10.5. The molecule has 0 aliphatic carbocycles. The summed E-state index contributed by atoms with van der Waals surface area (Å²) in [4.78, 5) is 19.9. The number of carbonyl (C=O) groups excluding carboxylic acids is 1. The molecule has 2 rings (SSSR count). The molecule has 0 aliphatic heterocycles. The highest BCUT2D eigenvalue weighted by atomic mass is 16.5. The van der Waals surface area contributed by atoms with Crippen molar-refractivity contribution in [1.82, 2.24) is 9.97 Å². The van der Waals surface area contributed by atoms with Crippen LogP contribution < -0.4 is 4.74 Å². The summed E-state index contributed by atoms with van der Waals surface area (Å²) in [6, 6.07) is 3.33. The Balaban J connectivity index is 2.55. The molecular weight excluding hydrogens is 284 g/mol. The van der Waals surface area contributed by atoms with Gasteiger partial charge in [0, 0.05) is 23.5 Å². The predicted octanol–water partition coefficient (Wildman–Crippen LogP) is 2.00. The maximum absolute atomic E-state index is 11.9. The summed E-state index contributed by atoms with van der Waals surface area (Å²) in [6.45, 7) is 3.60. The highest BCUT2D eigenvalue weighted by molar-refractivity contribution is 5.94. The van der Waals surface area contributed by atoms with Crippen LogP contribution in [0.15, 0.2) is 30.9 Å². The molecule has 116 valence electrons. The van der Waals surface area contributed by atoms with Crippen LogP contribution in [0.1, 0.15) is 22.8 Å².